The topological polar surface area (TPSA) is 88.5 Å². The molecule has 3 aromatic rings. The Balaban J connectivity index is 1.57. The number of para-hydroxylation sites is 2. The minimum atomic E-state index is 0.0282. The maximum atomic E-state index is 12.2. The average molecular weight is 365 g/mol. The number of anilines is 2. The fourth-order valence-corrected chi connectivity index (χ4v) is 3.35. The number of nitrogen functional groups attached to an aromatic ring is 1. The first-order valence-corrected chi connectivity index (χ1v) is 9.18. The van der Waals surface area contributed by atoms with E-state index in [4.69, 9.17) is 10.2 Å². The highest BCUT2D eigenvalue weighted by atomic mass is 16.3. The molecular weight excluding hydrogens is 342 g/mol. The Labute approximate surface area is 157 Å². The largest absolute Gasteiger partial charge is 0.436 e. The summed E-state index contributed by atoms with van der Waals surface area (Å²) >= 11 is 0. The molecule has 2 aromatic heterocycles. The minimum Gasteiger partial charge on any atom is -0.436 e. The van der Waals surface area contributed by atoms with Gasteiger partial charge in [0, 0.05) is 32.1 Å². The van der Waals surface area contributed by atoms with E-state index < -0.39 is 0 Å². The summed E-state index contributed by atoms with van der Waals surface area (Å²) in [5.74, 6) is 1.09. The molecule has 140 valence electrons. The highest BCUT2D eigenvalue weighted by molar-refractivity contribution is 5.80. The van der Waals surface area contributed by atoms with Crippen molar-refractivity contribution in [1.29, 1.82) is 0 Å². The highest BCUT2D eigenvalue weighted by Crippen LogP contribution is 2.31. The standard InChI is InChI=1S/C20H23N5O2/c1-13(2)20(26)25-9-7-24(8-10-25)14-11-15(18(21)22-12-14)19-23-16-5-3-4-6-17(16)27-19/h3-6,11-13H,7-10H2,1-2H3,(H2,21,22). The molecule has 7 heteroatoms. The van der Waals surface area contributed by atoms with Crippen LogP contribution in [-0.4, -0.2) is 47.0 Å². The fraction of sp³-hybridized carbons (Fsp3) is 0.350. The predicted octanol–water partition coefficient (Wildman–Crippen LogP) is 2.78. The Morgan fingerprint density at radius 1 is 1.19 bits per heavy atom. The van der Waals surface area contributed by atoms with Gasteiger partial charge in [0.25, 0.3) is 0 Å². The second kappa shape index (κ2) is 6.90. The molecule has 0 atom stereocenters. The fourth-order valence-electron chi connectivity index (χ4n) is 3.35. The van der Waals surface area contributed by atoms with Gasteiger partial charge in [0.05, 0.1) is 17.4 Å². The number of aromatic nitrogens is 2. The van der Waals surface area contributed by atoms with Gasteiger partial charge in [-0.25, -0.2) is 9.97 Å². The summed E-state index contributed by atoms with van der Waals surface area (Å²) in [6, 6.07) is 9.58. The van der Waals surface area contributed by atoms with Gasteiger partial charge in [-0.15, -0.1) is 0 Å². The molecule has 0 unspecified atom stereocenters. The second-order valence-corrected chi connectivity index (χ2v) is 7.08. The molecule has 1 aliphatic rings. The van der Waals surface area contributed by atoms with E-state index in [1.165, 1.54) is 0 Å². The Hall–Kier alpha value is -3.09. The molecule has 1 aromatic carbocycles. The molecule has 3 heterocycles. The van der Waals surface area contributed by atoms with Gasteiger partial charge in [0.2, 0.25) is 11.8 Å². The number of pyridine rings is 1. The highest BCUT2D eigenvalue weighted by Gasteiger charge is 2.24. The molecule has 0 bridgehead atoms. The van der Waals surface area contributed by atoms with Crippen LogP contribution in [0, 0.1) is 5.92 Å². The van der Waals surface area contributed by atoms with Crippen LogP contribution in [0.15, 0.2) is 40.9 Å². The van der Waals surface area contributed by atoms with Crippen molar-refractivity contribution in [3.63, 3.8) is 0 Å². The number of nitrogens with two attached hydrogens (primary N) is 1. The number of piperazine rings is 1. The smallest absolute Gasteiger partial charge is 0.231 e. The first-order chi connectivity index (χ1) is 13.0. The van der Waals surface area contributed by atoms with Crippen LogP contribution in [0.25, 0.3) is 22.6 Å². The van der Waals surface area contributed by atoms with Crippen LogP contribution in [0.5, 0.6) is 0 Å². The van der Waals surface area contributed by atoms with Crippen molar-refractivity contribution < 1.29 is 9.21 Å². The van der Waals surface area contributed by atoms with Gasteiger partial charge < -0.3 is 20.0 Å². The lowest BCUT2D eigenvalue weighted by Gasteiger charge is -2.36. The molecule has 7 nitrogen and oxygen atoms in total. The Morgan fingerprint density at radius 3 is 2.63 bits per heavy atom. The predicted molar refractivity (Wildman–Crippen MR) is 105 cm³/mol. The van der Waals surface area contributed by atoms with Gasteiger partial charge >= 0.3 is 0 Å². The third kappa shape index (κ3) is 3.32. The summed E-state index contributed by atoms with van der Waals surface area (Å²) in [4.78, 5) is 25.2. The number of fused-ring (bicyclic) bond motifs is 1. The molecular formula is C20H23N5O2. The lowest BCUT2D eigenvalue weighted by atomic mass is 10.1. The number of benzene rings is 1. The zero-order chi connectivity index (χ0) is 19.0. The van der Waals surface area contributed by atoms with E-state index in [1.54, 1.807) is 6.20 Å². The molecule has 0 spiro atoms. The number of hydrogen-bond donors (Lipinski definition) is 1. The van der Waals surface area contributed by atoms with E-state index in [0.717, 1.165) is 29.9 Å². The van der Waals surface area contributed by atoms with Crippen LogP contribution in [0.4, 0.5) is 11.5 Å². The first-order valence-electron chi connectivity index (χ1n) is 9.18. The maximum absolute atomic E-state index is 12.2. The van der Waals surface area contributed by atoms with Crippen molar-refractivity contribution in [3.05, 3.63) is 36.5 Å². The van der Waals surface area contributed by atoms with Crippen molar-refractivity contribution in [1.82, 2.24) is 14.9 Å². The number of nitrogens with zero attached hydrogens (tertiary/aromatic N) is 4. The number of carbonyl (C=O) groups excluding carboxylic acids is 1. The zero-order valence-corrected chi connectivity index (χ0v) is 15.6. The van der Waals surface area contributed by atoms with E-state index in [2.05, 4.69) is 14.9 Å². The van der Waals surface area contributed by atoms with Crippen molar-refractivity contribution in [2.24, 2.45) is 5.92 Å². The number of carbonyl (C=O) groups is 1. The van der Waals surface area contributed by atoms with Crippen LogP contribution in [-0.2, 0) is 4.79 Å². The lowest BCUT2D eigenvalue weighted by Crippen LogP contribution is -2.50. The zero-order valence-electron chi connectivity index (χ0n) is 15.6. The summed E-state index contributed by atoms with van der Waals surface area (Å²) in [6.07, 6.45) is 1.77. The normalized spacial score (nSPS) is 14.9. The summed E-state index contributed by atoms with van der Waals surface area (Å²) in [5.41, 5.74) is 9.24. The number of amides is 1. The van der Waals surface area contributed by atoms with E-state index in [9.17, 15) is 4.79 Å². The molecule has 1 fully saturated rings. The Kier molecular flexibility index (Phi) is 4.43. The molecule has 0 saturated carbocycles. The molecule has 27 heavy (non-hydrogen) atoms. The van der Waals surface area contributed by atoms with Crippen LogP contribution in [0.3, 0.4) is 0 Å². The number of hydrogen-bond acceptors (Lipinski definition) is 6. The number of rotatable bonds is 3. The Bertz CT molecular complexity index is 940. The van der Waals surface area contributed by atoms with Crippen LogP contribution in [0.1, 0.15) is 13.8 Å². The first kappa shape index (κ1) is 17.3. The van der Waals surface area contributed by atoms with Gasteiger partial charge in [0.1, 0.15) is 11.3 Å². The molecule has 0 aliphatic carbocycles. The van der Waals surface area contributed by atoms with Gasteiger partial charge in [-0.05, 0) is 18.2 Å². The summed E-state index contributed by atoms with van der Waals surface area (Å²) < 4.78 is 5.85. The van der Waals surface area contributed by atoms with Crippen molar-refractivity contribution in [2.75, 3.05) is 36.8 Å². The SMILES string of the molecule is CC(C)C(=O)N1CCN(c2cnc(N)c(-c3nc4ccccc4o3)c2)CC1. The van der Waals surface area contributed by atoms with E-state index >= 15 is 0 Å². The van der Waals surface area contributed by atoms with Crippen LogP contribution < -0.4 is 10.6 Å². The van der Waals surface area contributed by atoms with Crippen LogP contribution in [0.2, 0.25) is 0 Å². The third-order valence-electron chi connectivity index (χ3n) is 4.88. The van der Waals surface area contributed by atoms with Crippen LogP contribution >= 0.6 is 0 Å². The molecule has 1 saturated heterocycles. The van der Waals surface area contributed by atoms with Crippen molar-refractivity contribution in [2.45, 2.75) is 13.8 Å². The minimum absolute atomic E-state index is 0.0282. The van der Waals surface area contributed by atoms with E-state index in [1.807, 2.05) is 49.1 Å². The van der Waals surface area contributed by atoms with Crippen molar-refractivity contribution >= 4 is 28.5 Å². The molecule has 1 amide bonds. The molecule has 4 rings (SSSR count). The summed E-state index contributed by atoms with van der Waals surface area (Å²) in [7, 11) is 0. The van der Waals surface area contributed by atoms with Gasteiger partial charge in [-0.1, -0.05) is 26.0 Å². The van der Waals surface area contributed by atoms with Gasteiger partial charge in [-0.2, -0.15) is 0 Å². The van der Waals surface area contributed by atoms with E-state index in [-0.39, 0.29) is 11.8 Å². The lowest BCUT2D eigenvalue weighted by molar-refractivity contribution is -0.134. The average Bonchev–Trinajstić information content (AvgIpc) is 3.12. The maximum Gasteiger partial charge on any atom is 0.231 e. The van der Waals surface area contributed by atoms with E-state index in [0.29, 0.717) is 30.4 Å². The Morgan fingerprint density at radius 2 is 1.93 bits per heavy atom. The third-order valence-corrected chi connectivity index (χ3v) is 4.88. The second-order valence-electron chi connectivity index (χ2n) is 7.08. The van der Waals surface area contributed by atoms with Gasteiger partial charge in [-0.3, -0.25) is 4.79 Å². The summed E-state index contributed by atoms with van der Waals surface area (Å²) in [6.45, 7) is 6.81. The van der Waals surface area contributed by atoms with Gasteiger partial charge in [0.15, 0.2) is 5.58 Å². The molecule has 2 N–H and O–H groups in total. The number of oxazole rings is 1. The monoisotopic (exact) mass is 365 g/mol. The summed E-state index contributed by atoms with van der Waals surface area (Å²) in [5, 5.41) is 0. The van der Waals surface area contributed by atoms with Crippen molar-refractivity contribution in [3.8, 4) is 11.5 Å². The quantitative estimate of drug-likeness (QED) is 0.768. The molecule has 0 radical (unpaired) electrons. The molecule has 1 aliphatic heterocycles.